The fourth-order valence-corrected chi connectivity index (χ4v) is 2.47. The molecule has 8 heteroatoms. The zero-order chi connectivity index (χ0) is 18.7. The van der Waals surface area contributed by atoms with Crippen LogP contribution in [0.3, 0.4) is 0 Å². The number of halogens is 1. The van der Waals surface area contributed by atoms with Crippen LogP contribution in [0.15, 0.2) is 47.3 Å². The smallest absolute Gasteiger partial charge is 0.271 e. The molecule has 1 aromatic carbocycles. The molecule has 0 aliphatic rings. The van der Waals surface area contributed by atoms with Gasteiger partial charge in [-0.15, -0.1) is 0 Å². The number of nitrogens with one attached hydrogen (secondary N) is 3. The SMILES string of the molecule is Cc1[nH]c(-c2ccc(F)cc2)nc1C(=O)NCC(O)c1cccc(=O)[nH]1. The van der Waals surface area contributed by atoms with Crippen LogP contribution >= 0.6 is 0 Å². The van der Waals surface area contributed by atoms with Gasteiger partial charge in [-0.3, -0.25) is 9.59 Å². The number of amides is 1. The van der Waals surface area contributed by atoms with Gasteiger partial charge in [-0.05, 0) is 37.3 Å². The lowest BCUT2D eigenvalue weighted by Crippen LogP contribution is -2.30. The molecule has 1 amide bonds. The third-order valence-corrected chi connectivity index (χ3v) is 3.82. The van der Waals surface area contributed by atoms with Gasteiger partial charge >= 0.3 is 0 Å². The van der Waals surface area contributed by atoms with E-state index in [0.717, 1.165) is 0 Å². The summed E-state index contributed by atoms with van der Waals surface area (Å²) in [5.74, 6) is -0.382. The number of aliphatic hydroxyl groups is 1. The molecule has 0 aliphatic carbocycles. The molecule has 4 N–H and O–H groups in total. The predicted octanol–water partition coefficient (Wildman–Crippen LogP) is 1.68. The molecule has 1 unspecified atom stereocenters. The molecule has 2 heterocycles. The molecule has 2 aromatic heterocycles. The Labute approximate surface area is 147 Å². The van der Waals surface area contributed by atoms with Crippen molar-refractivity contribution in [3.8, 4) is 11.4 Å². The molecule has 26 heavy (non-hydrogen) atoms. The number of carbonyl (C=O) groups is 1. The summed E-state index contributed by atoms with van der Waals surface area (Å²) in [6.07, 6.45) is -1.05. The normalized spacial score (nSPS) is 12.0. The molecule has 3 aromatic rings. The topological polar surface area (TPSA) is 111 Å². The second-order valence-electron chi connectivity index (χ2n) is 5.76. The van der Waals surface area contributed by atoms with Crippen LogP contribution in [0, 0.1) is 12.7 Å². The van der Waals surface area contributed by atoms with Crippen LogP contribution in [0.25, 0.3) is 11.4 Å². The molecule has 0 saturated heterocycles. The van der Waals surface area contributed by atoms with Crippen molar-refractivity contribution in [1.82, 2.24) is 20.3 Å². The zero-order valence-electron chi connectivity index (χ0n) is 13.9. The van der Waals surface area contributed by atoms with Crippen LogP contribution in [0.1, 0.15) is 28.0 Å². The van der Waals surface area contributed by atoms with Crippen molar-refractivity contribution in [2.75, 3.05) is 6.54 Å². The van der Waals surface area contributed by atoms with E-state index in [1.807, 2.05) is 0 Å². The number of H-pyrrole nitrogens is 2. The van der Waals surface area contributed by atoms with Crippen molar-refractivity contribution in [2.45, 2.75) is 13.0 Å². The lowest BCUT2D eigenvalue weighted by Gasteiger charge is -2.11. The minimum atomic E-state index is -1.05. The van der Waals surface area contributed by atoms with Crippen LogP contribution in [0.4, 0.5) is 4.39 Å². The van der Waals surface area contributed by atoms with Crippen LogP contribution in [0.2, 0.25) is 0 Å². The molecule has 7 nitrogen and oxygen atoms in total. The van der Waals surface area contributed by atoms with E-state index in [-0.39, 0.29) is 23.6 Å². The Bertz CT molecular complexity index is 979. The van der Waals surface area contributed by atoms with Crippen LogP contribution in [-0.4, -0.2) is 32.5 Å². The van der Waals surface area contributed by atoms with Crippen LogP contribution in [-0.2, 0) is 0 Å². The Morgan fingerprint density at radius 1 is 1.23 bits per heavy atom. The summed E-state index contributed by atoms with van der Waals surface area (Å²) in [5, 5.41) is 12.6. The first kappa shape index (κ1) is 17.6. The number of nitrogens with zero attached hydrogens (tertiary/aromatic N) is 1. The van der Waals surface area contributed by atoms with Gasteiger partial charge in [0.05, 0.1) is 0 Å². The summed E-state index contributed by atoms with van der Waals surface area (Å²) in [5.41, 5.74) is 1.35. The molecule has 134 valence electrons. The maximum absolute atomic E-state index is 13.0. The Morgan fingerprint density at radius 3 is 2.65 bits per heavy atom. The maximum Gasteiger partial charge on any atom is 0.271 e. The number of pyridine rings is 1. The number of imidazole rings is 1. The van der Waals surface area contributed by atoms with Crippen molar-refractivity contribution in [2.24, 2.45) is 0 Å². The molecule has 0 aliphatic heterocycles. The van der Waals surface area contributed by atoms with Gasteiger partial charge in [0, 0.05) is 29.6 Å². The van der Waals surface area contributed by atoms with Gasteiger partial charge in [-0.2, -0.15) is 0 Å². The van der Waals surface area contributed by atoms with Gasteiger partial charge in [0.2, 0.25) is 5.56 Å². The Hall–Kier alpha value is -3.26. The van der Waals surface area contributed by atoms with E-state index < -0.39 is 12.0 Å². The summed E-state index contributed by atoms with van der Waals surface area (Å²) in [7, 11) is 0. The minimum absolute atomic E-state index is 0.0863. The number of aromatic amines is 2. The highest BCUT2D eigenvalue weighted by Gasteiger charge is 2.17. The monoisotopic (exact) mass is 356 g/mol. The standard InChI is InChI=1S/C18H17FN4O3/c1-10-16(23-17(21-10)11-5-7-12(19)8-6-11)18(26)20-9-14(24)13-3-2-4-15(25)22-13/h2-8,14,24H,9H2,1H3,(H,20,26)(H,21,23)(H,22,25). The van der Waals surface area contributed by atoms with Crippen molar-refractivity contribution < 1.29 is 14.3 Å². The lowest BCUT2D eigenvalue weighted by molar-refractivity contribution is 0.0909. The fourth-order valence-electron chi connectivity index (χ4n) is 2.47. The lowest BCUT2D eigenvalue weighted by atomic mass is 10.2. The van der Waals surface area contributed by atoms with Gasteiger partial charge < -0.3 is 20.4 Å². The molecule has 0 radical (unpaired) electrons. The number of aromatic nitrogens is 3. The molecule has 3 rings (SSSR count). The summed E-state index contributed by atoms with van der Waals surface area (Å²) in [6, 6.07) is 10.2. The third kappa shape index (κ3) is 3.86. The minimum Gasteiger partial charge on any atom is -0.385 e. The van der Waals surface area contributed by atoms with Crippen LogP contribution < -0.4 is 10.9 Å². The summed E-state index contributed by atoms with van der Waals surface area (Å²) in [4.78, 5) is 33.3. The maximum atomic E-state index is 13.0. The highest BCUT2D eigenvalue weighted by atomic mass is 19.1. The zero-order valence-corrected chi connectivity index (χ0v) is 13.9. The van der Waals surface area contributed by atoms with Crippen molar-refractivity contribution >= 4 is 5.91 Å². The van der Waals surface area contributed by atoms with E-state index in [9.17, 15) is 19.1 Å². The van der Waals surface area contributed by atoms with Gasteiger partial charge in [0.25, 0.3) is 5.91 Å². The first-order valence-electron chi connectivity index (χ1n) is 7.92. The van der Waals surface area contributed by atoms with Crippen molar-refractivity contribution in [1.29, 1.82) is 0 Å². The average Bonchev–Trinajstić information content (AvgIpc) is 3.02. The highest BCUT2D eigenvalue weighted by molar-refractivity contribution is 5.94. The van der Waals surface area contributed by atoms with E-state index in [0.29, 0.717) is 22.8 Å². The van der Waals surface area contributed by atoms with Crippen LogP contribution in [0.5, 0.6) is 0 Å². The summed E-state index contributed by atoms with van der Waals surface area (Å²) >= 11 is 0. The van der Waals surface area contributed by atoms with Gasteiger partial charge in [0.1, 0.15) is 23.4 Å². The largest absolute Gasteiger partial charge is 0.385 e. The van der Waals surface area contributed by atoms with E-state index in [4.69, 9.17) is 0 Å². The Morgan fingerprint density at radius 2 is 1.96 bits per heavy atom. The second kappa shape index (κ2) is 7.32. The molecular weight excluding hydrogens is 339 g/mol. The number of aliphatic hydroxyl groups excluding tert-OH is 1. The number of hydrogen-bond donors (Lipinski definition) is 4. The van der Waals surface area contributed by atoms with Gasteiger partial charge in [-0.25, -0.2) is 9.37 Å². The third-order valence-electron chi connectivity index (χ3n) is 3.82. The van der Waals surface area contributed by atoms with E-state index in [2.05, 4.69) is 20.3 Å². The van der Waals surface area contributed by atoms with Gasteiger partial charge in [-0.1, -0.05) is 6.07 Å². The fraction of sp³-hybridized carbons (Fsp3) is 0.167. The summed E-state index contributed by atoms with van der Waals surface area (Å²) in [6.45, 7) is 1.61. The first-order chi connectivity index (χ1) is 12.4. The number of aryl methyl sites for hydroxylation is 1. The number of benzene rings is 1. The van der Waals surface area contributed by atoms with E-state index >= 15 is 0 Å². The number of carbonyl (C=O) groups excluding carboxylic acids is 1. The average molecular weight is 356 g/mol. The molecule has 1 atom stereocenters. The van der Waals surface area contributed by atoms with Gasteiger partial charge in [0.15, 0.2) is 0 Å². The van der Waals surface area contributed by atoms with Crippen molar-refractivity contribution in [3.63, 3.8) is 0 Å². The van der Waals surface area contributed by atoms with Crippen molar-refractivity contribution in [3.05, 3.63) is 75.7 Å². The van der Waals surface area contributed by atoms with E-state index in [1.165, 1.54) is 24.3 Å². The molecular formula is C18H17FN4O3. The first-order valence-corrected chi connectivity index (χ1v) is 7.92. The number of rotatable bonds is 5. The quantitative estimate of drug-likeness (QED) is 0.557. The predicted molar refractivity (Wildman–Crippen MR) is 93.1 cm³/mol. The number of hydrogen-bond acceptors (Lipinski definition) is 4. The molecule has 0 saturated carbocycles. The summed E-state index contributed by atoms with van der Waals surface area (Å²) < 4.78 is 13.0. The Balaban J connectivity index is 1.70. The molecule has 0 bridgehead atoms. The molecule has 0 spiro atoms. The highest BCUT2D eigenvalue weighted by Crippen LogP contribution is 2.18. The second-order valence-corrected chi connectivity index (χ2v) is 5.76. The Kier molecular flexibility index (Phi) is 4.94. The molecule has 0 fully saturated rings. The van der Waals surface area contributed by atoms with E-state index in [1.54, 1.807) is 25.1 Å².